The zero-order valence-electron chi connectivity index (χ0n) is 14.4. The van der Waals surface area contributed by atoms with Crippen LogP contribution < -0.4 is 5.32 Å². The Morgan fingerprint density at radius 2 is 1.74 bits per heavy atom. The molecule has 2 heterocycles. The molecule has 0 unspecified atom stereocenters. The van der Waals surface area contributed by atoms with E-state index in [0.29, 0.717) is 23.6 Å². The van der Waals surface area contributed by atoms with Crippen molar-refractivity contribution in [2.45, 2.75) is 23.4 Å². The smallest absolute Gasteiger partial charge is 0.272 e. The maximum atomic E-state index is 12.8. The summed E-state index contributed by atoms with van der Waals surface area (Å²) in [5.41, 5.74) is 0.436. The van der Waals surface area contributed by atoms with Crippen molar-refractivity contribution >= 4 is 33.2 Å². The van der Waals surface area contributed by atoms with Gasteiger partial charge in [-0.1, -0.05) is 48.0 Å². The summed E-state index contributed by atoms with van der Waals surface area (Å²) >= 11 is 5.93. The van der Waals surface area contributed by atoms with Crippen molar-refractivity contribution in [3.05, 3.63) is 65.2 Å². The fourth-order valence-corrected chi connectivity index (χ4v) is 5.21. The van der Waals surface area contributed by atoms with Gasteiger partial charge in [-0.25, -0.2) is 8.42 Å². The fraction of sp³-hybridized carbons (Fsp3) is 0.263. The third-order valence-electron chi connectivity index (χ3n) is 4.92. The van der Waals surface area contributed by atoms with Crippen molar-refractivity contribution in [3.8, 4) is 0 Å². The number of nitrogens with zero attached hydrogens (tertiary/aromatic N) is 2. The van der Waals surface area contributed by atoms with Crippen LogP contribution in [0.15, 0.2) is 64.5 Å². The molecular weight excluding hydrogens is 386 g/mol. The van der Waals surface area contributed by atoms with Crippen LogP contribution in [0.1, 0.15) is 18.4 Å². The summed E-state index contributed by atoms with van der Waals surface area (Å²) in [4.78, 5) is 17.2. The molecule has 0 radical (unpaired) electrons. The molecule has 2 aromatic rings. The summed E-state index contributed by atoms with van der Waals surface area (Å²) in [6, 6.07) is 15.5. The van der Waals surface area contributed by atoms with Gasteiger partial charge in [-0.05, 0) is 18.2 Å². The van der Waals surface area contributed by atoms with E-state index in [0.717, 1.165) is 5.56 Å². The van der Waals surface area contributed by atoms with Crippen LogP contribution in [-0.4, -0.2) is 43.1 Å². The molecule has 2 aliphatic heterocycles. The minimum Gasteiger partial charge on any atom is -0.326 e. The number of benzene rings is 2. The third-order valence-corrected chi connectivity index (χ3v) is 7.05. The van der Waals surface area contributed by atoms with E-state index in [-0.39, 0.29) is 23.9 Å². The third kappa shape index (κ3) is 3.38. The lowest BCUT2D eigenvalue weighted by Gasteiger charge is -2.36. The van der Waals surface area contributed by atoms with Crippen molar-refractivity contribution in [2.24, 2.45) is 4.99 Å². The van der Waals surface area contributed by atoms with Gasteiger partial charge < -0.3 is 5.32 Å². The number of carbonyl (C=O) groups excluding carboxylic acids is 1. The molecule has 1 fully saturated rings. The van der Waals surface area contributed by atoms with E-state index in [2.05, 4.69) is 10.3 Å². The number of nitrogens with one attached hydrogen (secondary N) is 1. The number of sulfonamides is 1. The van der Waals surface area contributed by atoms with Crippen LogP contribution >= 0.6 is 11.6 Å². The lowest BCUT2D eigenvalue weighted by Crippen LogP contribution is -2.52. The summed E-state index contributed by atoms with van der Waals surface area (Å²) in [6.07, 6.45) is 0.851. The van der Waals surface area contributed by atoms with Gasteiger partial charge in [-0.15, -0.1) is 0 Å². The largest absolute Gasteiger partial charge is 0.326 e. The van der Waals surface area contributed by atoms with E-state index in [1.165, 1.54) is 16.4 Å². The topological polar surface area (TPSA) is 78.8 Å². The second-order valence-corrected chi connectivity index (χ2v) is 9.05. The van der Waals surface area contributed by atoms with Gasteiger partial charge in [0, 0.05) is 36.5 Å². The number of carbonyl (C=O) groups is 1. The second kappa shape index (κ2) is 6.74. The summed E-state index contributed by atoms with van der Waals surface area (Å²) in [5, 5.41) is 3.33. The molecule has 2 aromatic carbocycles. The van der Waals surface area contributed by atoms with Gasteiger partial charge in [0.2, 0.25) is 10.0 Å². The molecule has 140 valence electrons. The van der Waals surface area contributed by atoms with Crippen LogP contribution in [0, 0.1) is 0 Å². The monoisotopic (exact) mass is 403 g/mol. The zero-order valence-corrected chi connectivity index (χ0v) is 16.0. The lowest BCUT2D eigenvalue weighted by molar-refractivity contribution is -0.115. The Balaban J connectivity index is 1.54. The van der Waals surface area contributed by atoms with Gasteiger partial charge in [-0.2, -0.15) is 4.31 Å². The first-order valence-corrected chi connectivity index (χ1v) is 10.4. The number of amides is 1. The molecule has 0 saturated carbocycles. The van der Waals surface area contributed by atoms with Crippen LogP contribution in [0.4, 0.5) is 0 Å². The van der Waals surface area contributed by atoms with Gasteiger partial charge >= 0.3 is 0 Å². The number of hydrogen-bond acceptors (Lipinski definition) is 4. The summed E-state index contributed by atoms with van der Waals surface area (Å²) in [7, 11) is -3.62. The van der Waals surface area contributed by atoms with Crippen molar-refractivity contribution in [3.63, 3.8) is 0 Å². The Bertz CT molecular complexity index is 1010. The van der Waals surface area contributed by atoms with E-state index >= 15 is 0 Å². The number of aliphatic imine (C=N–C) groups is 1. The van der Waals surface area contributed by atoms with Gasteiger partial charge in [0.15, 0.2) is 0 Å². The van der Waals surface area contributed by atoms with Crippen LogP contribution in [0.25, 0.3) is 0 Å². The van der Waals surface area contributed by atoms with Crippen molar-refractivity contribution in [2.75, 3.05) is 13.1 Å². The highest BCUT2D eigenvalue weighted by molar-refractivity contribution is 7.89. The maximum absolute atomic E-state index is 12.8. The molecular formula is C19H18ClN3O3S. The summed E-state index contributed by atoms with van der Waals surface area (Å²) in [5.74, 6) is -0.215. The number of piperidine rings is 1. The van der Waals surface area contributed by atoms with Crippen LogP contribution in [0.2, 0.25) is 5.02 Å². The van der Waals surface area contributed by atoms with Gasteiger partial charge in [0.25, 0.3) is 5.91 Å². The Hall–Kier alpha value is -2.22. The molecule has 0 aromatic heterocycles. The maximum Gasteiger partial charge on any atom is 0.272 e. The van der Waals surface area contributed by atoms with Crippen LogP contribution in [0.5, 0.6) is 0 Å². The number of halogens is 1. The zero-order chi connectivity index (χ0) is 19.1. The number of rotatable bonds is 3. The normalized spacial score (nSPS) is 19.7. The predicted molar refractivity (Wildman–Crippen MR) is 103 cm³/mol. The highest BCUT2D eigenvalue weighted by Gasteiger charge is 2.44. The van der Waals surface area contributed by atoms with Crippen LogP contribution in [0.3, 0.4) is 0 Å². The molecule has 0 aliphatic carbocycles. The Kier molecular flexibility index (Phi) is 4.53. The average Bonchev–Trinajstić information content (AvgIpc) is 2.98. The summed E-state index contributed by atoms with van der Waals surface area (Å²) < 4.78 is 27.1. The first-order chi connectivity index (χ1) is 12.9. The van der Waals surface area contributed by atoms with E-state index in [4.69, 9.17) is 11.6 Å². The molecule has 27 heavy (non-hydrogen) atoms. The van der Waals surface area contributed by atoms with Crippen molar-refractivity contribution in [1.82, 2.24) is 9.62 Å². The second-order valence-electron chi connectivity index (χ2n) is 6.67. The molecule has 1 amide bonds. The van der Waals surface area contributed by atoms with Gasteiger partial charge in [0.05, 0.1) is 4.90 Å². The van der Waals surface area contributed by atoms with E-state index in [1.807, 2.05) is 30.3 Å². The quantitative estimate of drug-likeness (QED) is 0.854. The minimum absolute atomic E-state index is 0.176. The molecule has 1 N–H and O–H groups in total. The molecule has 1 spiro atoms. The van der Waals surface area contributed by atoms with E-state index in [9.17, 15) is 13.2 Å². The van der Waals surface area contributed by atoms with Gasteiger partial charge in [-0.3, -0.25) is 9.79 Å². The highest BCUT2D eigenvalue weighted by Crippen LogP contribution is 2.31. The van der Waals surface area contributed by atoms with Gasteiger partial charge in [0.1, 0.15) is 11.4 Å². The van der Waals surface area contributed by atoms with E-state index < -0.39 is 15.7 Å². The van der Waals surface area contributed by atoms with Crippen LogP contribution in [-0.2, 0) is 14.8 Å². The van der Waals surface area contributed by atoms with Crippen molar-refractivity contribution < 1.29 is 13.2 Å². The highest BCUT2D eigenvalue weighted by atomic mass is 35.5. The lowest BCUT2D eigenvalue weighted by atomic mass is 10.00. The molecule has 2 aliphatic rings. The Labute approximate surface area is 162 Å². The molecule has 6 nitrogen and oxygen atoms in total. The SMILES string of the molecule is O=C1NC2(CCN(S(=O)(=O)c3cccc(Cl)c3)CC2)N=C1c1ccccc1. The van der Waals surface area contributed by atoms with Crippen molar-refractivity contribution in [1.29, 1.82) is 0 Å². The molecule has 0 bridgehead atoms. The predicted octanol–water partition coefficient (Wildman–Crippen LogP) is 2.44. The molecule has 0 atom stereocenters. The van der Waals surface area contributed by atoms with E-state index in [1.54, 1.807) is 12.1 Å². The first kappa shape index (κ1) is 18.2. The molecule has 1 saturated heterocycles. The standard InChI is InChI=1S/C19H18ClN3O3S/c20-15-7-4-8-16(13-15)27(25,26)23-11-9-19(10-12-23)21-17(18(24)22-19)14-5-2-1-3-6-14/h1-8,13H,9-12H2,(H,22,24). The first-order valence-electron chi connectivity index (χ1n) is 8.63. The minimum atomic E-state index is -3.62. The molecule has 8 heteroatoms. The Morgan fingerprint density at radius 1 is 1.04 bits per heavy atom. The molecule has 4 rings (SSSR count). The summed E-state index contributed by atoms with van der Waals surface area (Å²) in [6.45, 7) is 0.557. The average molecular weight is 404 g/mol. The fourth-order valence-electron chi connectivity index (χ4n) is 3.46. The Morgan fingerprint density at radius 3 is 2.41 bits per heavy atom. The number of hydrogen-bond donors (Lipinski definition) is 1.